The maximum atomic E-state index is 14.3. The number of rotatable bonds is 7. The van der Waals surface area contributed by atoms with Crippen LogP contribution in [0.4, 0.5) is 4.79 Å². The van der Waals surface area contributed by atoms with E-state index >= 15 is 0 Å². The third-order valence-electron chi connectivity index (χ3n) is 9.26. The SMILES string of the molecule is C[C@H]1[C@@H](C(=O)O)CCCN1C(=O)C1(NC(=O)OCC2c3ccccc3-c3ccccc32)CCN(Cc2ccccc2)C1. The Morgan fingerprint density at radius 2 is 1.57 bits per heavy atom. The fourth-order valence-electron chi connectivity index (χ4n) is 7.06. The number of carbonyl (C=O) groups is 3. The van der Waals surface area contributed by atoms with Gasteiger partial charge in [0.2, 0.25) is 5.91 Å². The van der Waals surface area contributed by atoms with Gasteiger partial charge >= 0.3 is 12.1 Å². The molecule has 0 aromatic heterocycles. The van der Waals surface area contributed by atoms with Crippen molar-refractivity contribution in [1.82, 2.24) is 15.1 Å². The van der Waals surface area contributed by atoms with Crippen LogP contribution in [0.25, 0.3) is 11.1 Å². The minimum absolute atomic E-state index is 0.0913. The van der Waals surface area contributed by atoms with E-state index < -0.39 is 29.6 Å². The van der Waals surface area contributed by atoms with E-state index in [4.69, 9.17) is 4.74 Å². The molecule has 2 amide bonds. The quantitative estimate of drug-likeness (QED) is 0.422. The Bertz CT molecular complexity index is 1430. The van der Waals surface area contributed by atoms with E-state index in [0.29, 0.717) is 45.4 Å². The number of likely N-dealkylation sites (tertiary alicyclic amines) is 2. The van der Waals surface area contributed by atoms with Crippen molar-refractivity contribution in [3.05, 3.63) is 95.6 Å². The van der Waals surface area contributed by atoms with E-state index in [-0.39, 0.29) is 18.4 Å². The van der Waals surface area contributed by atoms with E-state index in [1.54, 1.807) is 11.8 Å². The maximum absolute atomic E-state index is 14.3. The van der Waals surface area contributed by atoms with Gasteiger partial charge in [0.1, 0.15) is 12.1 Å². The Morgan fingerprint density at radius 3 is 2.24 bits per heavy atom. The molecule has 218 valence electrons. The lowest BCUT2D eigenvalue weighted by Gasteiger charge is -2.42. The second-order valence-corrected chi connectivity index (χ2v) is 11.8. The van der Waals surface area contributed by atoms with Crippen molar-refractivity contribution in [2.75, 3.05) is 26.2 Å². The third-order valence-corrected chi connectivity index (χ3v) is 9.26. The van der Waals surface area contributed by atoms with Crippen LogP contribution in [0.2, 0.25) is 0 Å². The number of hydrogen-bond acceptors (Lipinski definition) is 5. The zero-order chi connectivity index (χ0) is 29.3. The predicted molar refractivity (Wildman–Crippen MR) is 159 cm³/mol. The summed E-state index contributed by atoms with van der Waals surface area (Å²) < 4.78 is 5.87. The standard InChI is InChI=1S/C34H37N3O5/c1-23-25(31(38)39)16-9-18-37(23)32(40)34(17-19-36(22-34)20-24-10-3-2-4-11-24)35-33(41)42-21-30-28-14-7-5-12-26(28)27-13-6-8-15-29(27)30/h2-8,10-15,23,25,30H,9,16-22H2,1H3,(H,35,41)(H,38,39)/t23-,25-,34?/m0/s1. The summed E-state index contributed by atoms with van der Waals surface area (Å²) in [4.78, 5) is 43.5. The fourth-order valence-corrected chi connectivity index (χ4v) is 7.06. The van der Waals surface area contributed by atoms with Gasteiger partial charge in [-0.15, -0.1) is 0 Å². The molecule has 2 fully saturated rings. The molecule has 42 heavy (non-hydrogen) atoms. The molecule has 3 atom stereocenters. The minimum atomic E-state index is -1.20. The van der Waals surface area contributed by atoms with E-state index in [1.165, 1.54) is 0 Å². The van der Waals surface area contributed by atoms with Crippen LogP contribution >= 0.6 is 0 Å². The van der Waals surface area contributed by atoms with Crippen LogP contribution < -0.4 is 5.32 Å². The average molecular weight is 568 g/mol. The molecule has 6 rings (SSSR count). The number of nitrogens with one attached hydrogen (secondary N) is 1. The lowest BCUT2D eigenvalue weighted by molar-refractivity contribution is -0.151. The predicted octanol–water partition coefficient (Wildman–Crippen LogP) is 4.88. The van der Waals surface area contributed by atoms with Crippen molar-refractivity contribution < 1.29 is 24.2 Å². The summed E-state index contributed by atoms with van der Waals surface area (Å²) in [6, 6.07) is 25.9. The number of carboxylic acids is 1. The van der Waals surface area contributed by atoms with Crippen LogP contribution in [0.1, 0.15) is 48.8 Å². The summed E-state index contributed by atoms with van der Waals surface area (Å²) in [5, 5.41) is 12.8. The zero-order valence-corrected chi connectivity index (χ0v) is 23.9. The summed E-state index contributed by atoms with van der Waals surface area (Å²) in [7, 11) is 0. The summed E-state index contributed by atoms with van der Waals surface area (Å²) in [5.74, 6) is -1.84. The molecule has 0 bridgehead atoms. The lowest BCUT2D eigenvalue weighted by atomic mass is 9.87. The molecule has 1 aliphatic carbocycles. The van der Waals surface area contributed by atoms with Crippen LogP contribution in [0.15, 0.2) is 78.9 Å². The van der Waals surface area contributed by atoms with Crippen LogP contribution in [0.5, 0.6) is 0 Å². The largest absolute Gasteiger partial charge is 0.481 e. The highest BCUT2D eigenvalue weighted by molar-refractivity contribution is 5.91. The van der Waals surface area contributed by atoms with Crippen LogP contribution in [0.3, 0.4) is 0 Å². The van der Waals surface area contributed by atoms with Crippen molar-refractivity contribution in [3.8, 4) is 11.1 Å². The van der Waals surface area contributed by atoms with Gasteiger partial charge < -0.3 is 20.1 Å². The number of nitrogens with zero attached hydrogens (tertiary/aromatic N) is 2. The molecule has 8 nitrogen and oxygen atoms in total. The third kappa shape index (κ3) is 5.27. The topological polar surface area (TPSA) is 99.2 Å². The number of aliphatic carboxylic acids is 1. The molecule has 3 aromatic carbocycles. The number of carbonyl (C=O) groups excluding carboxylic acids is 2. The number of fused-ring (bicyclic) bond motifs is 3. The van der Waals surface area contributed by atoms with E-state index in [1.807, 2.05) is 54.6 Å². The first-order chi connectivity index (χ1) is 20.4. The smallest absolute Gasteiger partial charge is 0.408 e. The number of ether oxygens (including phenoxy) is 1. The van der Waals surface area contributed by atoms with Crippen LogP contribution in [-0.2, 0) is 20.9 Å². The number of piperidine rings is 1. The summed E-state index contributed by atoms with van der Waals surface area (Å²) >= 11 is 0. The summed E-state index contributed by atoms with van der Waals surface area (Å²) in [5.41, 5.74) is 4.45. The Kier molecular flexibility index (Phi) is 7.73. The molecule has 2 N–H and O–H groups in total. The Morgan fingerprint density at radius 1 is 0.929 bits per heavy atom. The summed E-state index contributed by atoms with van der Waals surface area (Å²) in [6.07, 6.45) is 0.935. The van der Waals surface area contributed by atoms with E-state index in [0.717, 1.165) is 27.8 Å². The van der Waals surface area contributed by atoms with Gasteiger partial charge in [0.05, 0.1) is 5.92 Å². The molecule has 0 saturated carbocycles. The summed E-state index contributed by atoms with van der Waals surface area (Å²) in [6.45, 7) is 4.01. The number of hydrogen-bond donors (Lipinski definition) is 2. The monoisotopic (exact) mass is 567 g/mol. The molecule has 3 aliphatic rings. The van der Waals surface area contributed by atoms with Gasteiger partial charge in [-0.25, -0.2) is 4.79 Å². The van der Waals surface area contributed by atoms with Crippen LogP contribution in [-0.4, -0.2) is 70.7 Å². The molecule has 2 aliphatic heterocycles. The van der Waals surface area contributed by atoms with Crippen molar-refractivity contribution in [2.24, 2.45) is 5.92 Å². The number of alkyl carbamates (subject to hydrolysis) is 1. The van der Waals surface area contributed by atoms with Crippen molar-refractivity contribution >= 4 is 18.0 Å². The van der Waals surface area contributed by atoms with Gasteiger partial charge in [-0.2, -0.15) is 0 Å². The minimum Gasteiger partial charge on any atom is -0.481 e. The van der Waals surface area contributed by atoms with Gasteiger partial charge in [0.15, 0.2) is 0 Å². The van der Waals surface area contributed by atoms with E-state index in [2.05, 4.69) is 34.5 Å². The lowest BCUT2D eigenvalue weighted by Crippen LogP contribution is -2.64. The fraction of sp³-hybridized carbons (Fsp3) is 0.382. The molecule has 2 saturated heterocycles. The highest BCUT2D eigenvalue weighted by atomic mass is 16.5. The first-order valence-corrected chi connectivity index (χ1v) is 14.8. The van der Waals surface area contributed by atoms with Crippen molar-refractivity contribution in [3.63, 3.8) is 0 Å². The molecule has 0 spiro atoms. The Balaban J connectivity index is 1.21. The molecule has 2 heterocycles. The zero-order valence-electron chi connectivity index (χ0n) is 23.9. The average Bonchev–Trinajstić information content (AvgIpc) is 3.55. The van der Waals surface area contributed by atoms with Crippen LogP contribution in [0, 0.1) is 5.92 Å². The second-order valence-electron chi connectivity index (χ2n) is 11.8. The number of carboxylic acid groups (broad SMARTS) is 1. The number of amides is 2. The first kappa shape index (κ1) is 28.0. The van der Waals surface area contributed by atoms with Crippen molar-refractivity contribution in [1.29, 1.82) is 0 Å². The molecular formula is C34H37N3O5. The van der Waals surface area contributed by atoms with Crippen molar-refractivity contribution in [2.45, 2.75) is 50.2 Å². The van der Waals surface area contributed by atoms with Gasteiger partial charge in [0, 0.05) is 38.1 Å². The molecule has 1 unspecified atom stereocenters. The van der Waals surface area contributed by atoms with Gasteiger partial charge in [-0.1, -0.05) is 78.9 Å². The normalized spacial score (nSPS) is 23.7. The highest BCUT2D eigenvalue weighted by Crippen LogP contribution is 2.44. The molecule has 8 heteroatoms. The van der Waals surface area contributed by atoms with E-state index in [9.17, 15) is 19.5 Å². The first-order valence-electron chi connectivity index (χ1n) is 14.8. The van der Waals surface area contributed by atoms with Gasteiger partial charge in [-0.3, -0.25) is 14.5 Å². The Hall–Kier alpha value is -4.17. The molecular weight excluding hydrogens is 530 g/mol. The second kappa shape index (κ2) is 11.6. The maximum Gasteiger partial charge on any atom is 0.408 e. The van der Waals surface area contributed by atoms with Gasteiger partial charge in [-0.05, 0) is 54.0 Å². The number of benzene rings is 3. The molecule has 3 aromatic rings. The Labute approximate surface area is 246 Å². The highest BCUT2D eigenvalue weighted by Gasteiger charge is 2.50. The van der Waals surface area contributed by atoms with Gasteiger partial charge in [0.25, 0.3) is 0 Å². The molecule has 0 radical (unpaired) electrons.